The van der Waals surface area contributed by atoms with Crippen molar-refractivity contribution in [3.05, 3.63) is 36.0 Å². The Bertz CT molecular complexity index is 492. The molecule has 0 fully saturated rings. The normalized spacial score (nSPS) is 12.2. The van der Waals surface area contributed by atoms with E-state index < -0.39 is 0 Å². The Morgan fingerprint density at radius 1 is 1.22 bits per heavy atom. The highest BCUT2D eigenvalue weighted by atomic mass is 16.3. The van der Waals surface area contributed by atoms with Crippen molar-refractivity contribution in [2.75, 3.05) is 6.61 Å². The maximum absolute atomic E-state index is 9.52. The molecule has 1 heterocycles. The molecule has 98 valence electrons. The molecule has 0 amide bonds. The molecule has 0 aliphatic carbocycles. The summed E-state index contributed by atoms with van der Waals surface area (Å²) in [5, 5.41) is 14.3. The number of aliphatic hydroxyl groups is 1. The first-order valence-corrected chi connectivity index (χ1v) is 6.65. The van der Waals surface area contributed by atoms with Crippen LogP contribution in [0.1, 0.15) is 32.3 Å². The molecule has 0 aliphatic rings. The summed E-state index contributed by atoms with van der Waals surface area (Å²) in [6, 6.07) is 8.50. The Balaban J connectivity index is 2.09. The lowest BCUT2D eigenvalue weighted by Gasteiger charge is -2.31. The quantitative estimate of drug-likeness (QED) is 0.734. The van der Waals surface area contributed by atoms with Crippen LogP contribution < -0.4 is 5.32 Å². The zero-order valence-corrected chi connectivity index (χ0v) is 11.2. The highest BCUT2D eigenvalue weighted by Crippen LogP contribution is 2.17. The van der Waals surface area contributed by atoms with Crippen molar-refractivity contribution in [1.82, 2.24) is 10.3 Å². The molecular formula is C15H22N2O. The van der Waals surface area contributed by atoms with Crippen LogP contribution in [-0.2, 0) is 6.54 Å². The minimum absolute atomic E-state index is 0.148. The van der Waals surface area contributed by atoms with Gasteiger partial charge in [-0.25, -0.2) is 0 Å². The molecule has 3 heteroatoms. The number of benzene rings is 1. The molecule has 1 aromatic carbocycles. The van der Waals surface area contributed by atoms with Gasteiger partial charge in [0, 0.05) is 23.8 Å². The van der Waals surface area contributed by atoms with Crippen molar-refractivity contribution in [2.45, 2.75) is 38.8 Å². The molecular weight excluding hydrogens is 224 g/mol. The summed E-state index contributed by atoms with van der Waals surface area (Å²) in [6.45, 7) is 5.20. The maximum Gasteiger partial charge on any atom is 0.0613 e. The van der Waals surface area contributed by atoms with E-state index in [0.717, 1.165) is 24.9 Å². The predicted octanol–water partition coefficient (Wildman–Crippen LogP) is 2.81. The zero-order valence-electron chi connectivity index (χ0n) is 11.2. The van der Waals surface area contributed by atoms with Crippen LogP contribution in [0.5, 0.6) is 0 Å². The second kappa shape index (κ2) is 5.55. The molecule has 1 aromatic heterocycles. The zero-order chi connectivity index (χ0) is 13.0. The fraction of sp³-hybridized carbons (Fsp3) is 0.467. The number of aliphatic hydroxyl groups excluding tert-OH is 1. The van der Waals surface area contributed by atoms with Gasteiger partial charge in [0.15, 0.2) is 0 Å². The summed E-state index contributed by atoms with van der Waals surface area (Å²) >= 11 is 0. The molecule has 0 spiro atoms. The average Bonchev–Trinajstić information content (AvgIpc) is 2.88. The summed E-state index contributed by atoms with van der Waals surface area (Å²) in [4.78, 5) is 3.22. The Morgan fingerprint density at radius 2 is 2.00 bits per heavy atom. The van der Waals surface area contributed by atoms with Crippen molar-refractivity contribution < 1.29 is 5.11 Å². The lowest BCUT2D eigenvalue weighted by Crippen LogP contribution is -2.47. The van der Waals surface area contributed by atoms with Crippen LogP contribution >= 0.6 is 0 Å². The maximum atomic E-state index is 9.52. The fourth-order valence-electron chi connectivity index (χ4n) is 2.27. The number of hydrogen-bond donors (Lipinski definition) is 3. The summed E-state index contributed by atoms with van der Waals surface area (Å²) in [5.41, 5.74) is 2.26. The number of H-pyrrole nitrogens is 1. The van der Waals surface area contributed by atoms with Crippen LogP contribution in [0.25, 0.3) is 10.9 Å². The van der Waals surface area contributed by atoms with Crippen LogP contribution in [0.3, 0.4) is 0 Å². The Kier molecular flexibility index (Phi) is 4.04. The number of fused-ring (bicyclic) bond motifs is 1. The average molecular weight is 246 g/mol. The predicted molar refractivity (Wildman–Crippen MR) is 75.5 cm³/mol. The fourth-order valence-corrected chi connectivity index (χ4v) is 2.27. The minimum atomic E-state index is -0.148. The Hall–Kier alpha value is -1.32. The van der Waals surface area contributed by atoms with Gasteiger partial charge in [0.05, 0.1) is 6.61 Å². The third kappa shape index (κ3) is 2.57. The second-order valence-electron chi connectivity index (χ2n) is 4.90. The van der Waals surface area contributed by atoms with Crippen molar-refractivity contribution >= 4 is 10.9 Å². The van der Waals surface area contributed by atoms with E-state index >= 15 is 0 Å². The van der Waals surface area contributed by atoms with E-state index in [9.17, 15) is 5.11 Å². The van der Waals surface area contributed by atoms with E-state index in [1.807, 2.05) is 6.20 Å². The van der Waals surface area contributed by atoms with Gasteiger partial charge in [-0.15, -0.1) is 0 Å². The van der Waals surface area contributed by atoms with E-state index in [1.54, 1.807) is 0 Å². The van der Waals surface area contributed by atoms with Gasteiger partial charge in [-0.3, -0.25) is 0 Å². The summed E-state index contributed by atoms with van der Waals surface area (Å²) in [5.74, 6) is 0. The number of aromatic nitrogens is 1. The van der Waals surface area contributed by atoms with Gasteiger partial charge in [0.2, 0.25) is 0 Å². The van der Waals surface area contributed by atoms with E-state index in [1.165, 1.54) is 10.9 Å². The van der Waals surface area contributed by atoms with Crippen molar-refractivity contribution in [3.8, 4) is 0 Å². The lowest BCUT2D eigenvalue weighted by molar-refractivity contribution is 0.149. The highest BCUT2D eigenvalue weighted by molar-refractivity contribution is 5.79. The topological polar surface area (TPSA) is 48.0 Å². The van der Waals surface area contributed by atoms with Crippen molar-refractivity contribution in [1.29, 1.82) is 0 Å². The van der Waals surface area contributed by atoms with E-state index in [2.05, 4.69) is 48.4 Å². The number of rotatable bonds is 6. The third-order valence-electron chi connectivity index (χ3n) is 3.94. The lowest BCUT2D eigenvalue weighted by atomic mass is 9.93. The molecule has 0 unspecified atom stereocenters. The molecule has 2 rings (SSSR count). The first-order valence-electron chi connectivity index (χ1n) is 6.65. The standard InChI is InChI=1S/C15H22N2O/c1-3-15(4-2,11-18)17-10-12-5-6-13-7-8-16-14(13)9-12/h5-9,16-18H,3-4,10-11H2,1-2H3. The molecule has 18 heavy (non-hydrogen) atoms. The molecule has 0 atom stereocenters. The van der Waals surface area contributed by atoms with Gasteiger partial charge in [-0.2, -0.15) is 0 Å². The van der Waals surface area contributed by atoms with Gasteiger partial charge in [0.25, 0.3) is 0 Å². The smallest absolute Gasteiger partial charge is 0.0613 e. The Morgan fingerprint density at radius 3 is 2.67 bits per heavy atom. The number of aromatic amines is 1. The largest absolute Gasteiger partial charge is 0.394 e. The van der Waals surface area contributed by atoms with Crippen LogP contribution in [0, 0.1) is 0 Å². The molecule has 2 aromatic rings. The Labute approximate surface area is 108 Å². The molecule has 0 saturated heterocycles. The highest BCUT2D eigenvalue weighted by Gasteiger charge is 2.23. The first kappa shape index (κ1) is 13.1. The second-order valence-corrected chi connectivity index (χ2v) is 4.90. The van der Waals surface area contributed by atoms with Gasteiger partial charge < -0.3 is 15.4 Å². The SMILES string of the molecule is CCC(CC)(CO)NCc1ccc2cc[nH]c2c1. The van der Waals surface area contributed by atoms with Gasteiger partial charge in [-0.1, -0.05) is 26.0 Å². The van der Waals surface area contributed by atoms with Crippen molar-refractivity contribution in [2.24, 2.45) is 0 Å². The molecule has 3 N–H and O–H groups in total. The van der Waals surface area contributed by atoms with E-state index in [-0.39, 0.29) is 12.1 Å². The minimum Gasteiger partial charge on any atom is -0.394 e. The van der Waals surface area contributed by atoms with Crippen LogP contribution in [-0.4, -0.2) is 22.2 Å². The molecule has 0 saturated carbocycles. The van der Waals surface area contributed by atoms with Gasteiger partial charge in [-0.05, 0) is 35.9 Å². The molecule has 0 radical (unpaired) electrons. The molecule has 0 bridgehead atoms. The molecule has 0 aliphatic heterocycles. The first-order chi connectivity index (χ1) is 8.73. The van der Waals surface area contributed by atoms with Gasteiger partial charge in [0.1, 0.15) is 0 Å². The monoisotopic (exact) mass is 246 g/mol. The third-order valence-corrected chi connectivity index (χ3v) is 3.94. The van der Waals surface area contributed by atoms with E-state index in [4.69, 9.17) is 0 Å². The number of nitrogens with one attached hydrogen (secondary N) is 2. The summed E-state index contributed by atoms with van der Waals surface area (Å²) in [7, 11) is 0. The van der Waals surface area contributed by atoms with Crippen LogP contribution in [0.2, 0.25) is 0 Å². The summed E-state index contributed by atoms with van der Waals surface area (Å²) in [6.07, 6.45) is 3.83. The van der Waals surface area contributed by atoms with E-state index in [0.29, 0.717) is 0 Å². The molecule has 3 nitrogen and oxygen atoms in total. The van der Waals surface area contributed by atoms with Crippen molar-refractivity contribution in [3.63, 3.8) is 0 Å². The number of hydrogen-bond acceptors (Lipinski definition) is 2. The van der Waals surface area contributed by atoms with Crippen LogP contribution in [0.15, 0.2) is 30.5 Å². The van der Waals surface area contributed by atoms with Crippen LogP contribution in [0.4, 0.5) is 0 Å². The summed E-state index contributed by atoms with van der Waals surface area (Å²) < 4.78 is 0. The van der Waals surface area contributed by atoms with Gasteiger partial charge >= 0.3 is 0 Å².